The molecule has 194 valence electrons. The zero-order valence-electron chi connectivity index (χ0n) is 20.3. The number of imidazole rings is 1. The molecule has 0 unspecified atom stereocenters. The van der Waals surface area contributed by atoms with Gasteiger partial charge in [0.2, 0.25) is 21.8 Å². The van der Waals surface area contributed by atoms with Crippen molar-refractivity contribution in [3.8, 4) is 0 Å². The second-order valence-electron chi connectivity index (χ2n) is 9.42. The number of H-pyrrole nitrogens is 1. The predicted octanol–water partition coefficient (Wildman–Crippen LogP) is 1.45. The maximum atomic E-state index is 14.0. The Morgan fingerprint density at radius 2 is 1.73 bits per heavy atom. The number of nitrogen functional groups attached to an aromatic ring is 1. The van der Waals surface area contributed by atoms with Crippen LogP contribution in [0.3, 0.4) is 0 Å². The van der Waals surface area contributed by atoms with E-state index in [0.717, 1.165) is 5.69 Å². The second-order valence-corrected chi connectivity index (χ2v) is 11.4. The van der Waals surface area contributed by atoms with E-state index in [9.17, 15) is 18.0 Å². The zero-order chi connectivity index (χ0) is 26.0. The Morgan fingerprint density at radius 3 is 2.32 bits per heavy atom. The number of carbonyl (C=O) groups is 2. The van der Waals surface area contributed by atoms with Gasteiger partial charge in [-0.2, -0.15) is 4.31 Å². The molecule has 0 bridgehead atoms. The number of nitrogens with two attached hydrogens (primary N) is 1. The number of aromatic nitrogens is 2. The van der Waals surface area contributed by atoms with Gasteiger partial charge in [-0.25, -0.2) is 13.4 Å². The zero-order valence-corrected chi connectivity index (χ0v) is 21.1. The van der Waals surface area contributed by atoms with Gasteiger partial charge in [-0.3, -0.25) is 9.59 Å². The number of piperazine rings is 1. The number of amides is 2. The summed E-state index contributed by atoms with van der Waals surface area (Å²) < 4.78 is 29.2. The van der Waals surface area contributed by atoms with Crippen molar-refractivity contribution in [1.82, 2.24) is 24.5 Å². The van der Waals surface area contributed by atoms with Crippen molar-refractivity contribution in [2.24, 2.45) is 0 Å². The predicted molar refractivity (Wildman–Crippen MR) is 139 cm³/mol. The Hall–Kier alpha value is -3.70. The third-order valence-corrected chi connectivity index (χ3v) is 9.16. The Morgan fingerprint density at radius 1 is 1.08 bits per heavy atom. The highest BCUT2D eigenvalue weighted by Gasteiger charge is 2.48. The van der Waals surface area contributed by atoms with Gasteiger partial charge < -0.3 is 20.9 Å². The summed E-state index contributed by atoms with van der Waals surface area (Å²) in [6.45, 7) is 0.258. The van der Waals surface area contributed by atoms with E-state index < -0.39 is 21.3 Å². The summed E-state index contributed by atoms with van der Waals surface area (Å²) >= 11 is 0. The van der Waals surface area contributed by atoms with Gasteiger partial charge in [0.25, 0.3) is 0 Å². The summed E-state index contributed by atoms with van der Waals surface area (Å²) in [7, 11) is -3.92. The smallest absolute Gasteiger partial charge is 0.242 e. The van der Waals surface area contributed by atoms with Gasteiger partial charge in [-0.1, -0.05) is 60.7 Å². The molecule has 2 aromatic carbocycles. The van der Waals surface area contributed by atoms with Crippen LogP contribution < -0.4 is 11.1 Å². The van der Waals surface area contributed by atoms with E-state index >= 15 is 0 Å². The van der Waals surface area contributed by atoms with Gasteiger partial charge in [0.05, 0.1) is 12.7 Å². The number of aromatic amines is 1. The number of nitrogens with one attached hydrogen (secondary N) is 2. The van der Waals surface area contributed by atoms with E-state index in [4.69, 9.17) is 5.73 Å². The molecule has 0 aliphatic carbocycles. The lowest BCUT2D eigenvalue weighted by Crippen LogP contribution is -2.60. The van der Waals surface area contributed by atoms with Crippen molar-refractivity contribution < 1.29 is 18.0 Å². The highest BCUT2D eigenvalue weighted by Crippen LogP contribution is 2.36. The van der Waals surface area contributed by atoms with Crippen LogP contribution >= 0.6 is 0 Å². The number of hydrogen-bond donors (Lipinski definition) is 3. The molecule has 3 heterocycles. The van der Waals surface area contributed by atoms with E-state index in [-0.39, 0.29) is 30.9 Å². The topological polar surface area (TPSA) is 141 Å². The lowest BCUT2D eigenvalue weighted by atomic mass is 10.0. The number of rotatable bonds is 8. The van der Waals surface area contributed by atoms with Crippen LogP contribution in [0.5, 0.6) is 0 Å². The van der Waals surface area contributed by atoms with Gasteiger partial charge in [0, 0.05) is 31.2 Å². The summed E-state index contributed by atoms with van der Waals surface area (Å²) in [5.74, 6) is -0.259. The molecule has 37 heavy (non-hydrogen) atoms. The molecule has 2 amide bonds. The first-order valence-corrected chi connectivity index (χ1v) is 13.8. The molecule has 3 aromatic rings. The Labute approximate surface area is 215 Å². The van der Waals surface area contributed by atoms with Gasteiger partial charge >= 0.3 is 0 Å². The normalized spacial score (nSPS) is 20.2. The number of fused-ring (bicyclic) bond motifs is 1. The average molecular weight is 523 g/mol. The monoisotopic (exact) mass is 522 g/mol. The van der Waals surface area contributed by atoms with Crippen LogP contribution in [0.2, 0.25) is 0 Å². The molecule has 0 spiro atoms. The van der Waals surface area contributed by atoms with E-state index in [1.54, 1.807) is 35.4 Å². The van der Waals surface area contributed by atoms with E-state index in [0.29, 0.717) is 42.9 Å². The fourth-order valence-corrected chi connectivity index (χ4v) is 7.28. The van der Waals surface area contributed by atoms with Crippen molar-refractivity contribution >= 4 is 27.8 Å². The number of anilines is 1. The fourth-order valence-electron chi connectivity index (χ4n) is 5.31. The molecule has 4 N–H and O–H groups in total. The van der Waals surface area contributed by atoms with E-state index in [2.05, 4.69) is 15.3 Å². The molecule has 2 atom stereocenters. The Kier molecular flexibility index (Phi) is 6.98. The van der Waals surface area contributed by atoms with Gasteiger partial charge in [0.15, 0.2) is 5.95 Å². The second kappa shape index (κ2) is 10.3. The van der Waals surface area contributed by atoms with Crippen LogP contribution in [0, 0.1) is 0 Å². The first-order valence-electron chi connectivity index (χ1n) is 12.3. The van der Waals surface area contributed by atoms with Gasteiger partial charge in [-0.05, 0) is 24.0 Å². The van der Waals surface area contributed by atoms with Crippen molar-refractivity contribution in [1.29, 1.82) is 0 Å². The summed E-state index contributed by atoms with van der Waals surface area (Å²) in [5, 5.41) is 1.96. The minimum absolute atomic E-state index is 0.168. The molecule has 10 nitrogen and oxygen atoms in total. The third-order valence-electron chi connectivity index (χ3n) is 7.02. The van der Waals surface area contributed by atoms with Crippen molar-refractivity contribution in [2.45, 2.75) is 36.6 Å². The largest absolute Gasteiger partial charge is 0.369 e. The molecule has 5 rings (SSSR count). The van der Waals surface area contributed by atoms with Crippen LogP contribution in [0.4, 0.5) is 5.95 Å². The highest BCUT2D eigenvalue weighted by atomic mass is 32.2. The molecule has 11 heteroatoms. The quantitative estimate of drug-likeness (QED) is 0.409. The van der Waals surface area contributed by atoms with Crippen LogP contribution in [-0.4, -0.2) is 71.1 Å². The Balaban J connectivity index is 1.30. The SMILES string of the molecule is Nc1ncc(CCNC(=O)[C@@H]2CC[C@H]3CN(S(=O)(=O)C(c4ccccc4)c4ccccc4)CC(=O)N32)[nH]1. The fraction of sp³-hybridized carbons (Fsp3) is 0.346. The van der Waals surface area contributed by atoms with E-state index in [1.165, 1.54) is 4.31 Å². The van der Waals surface area contributed by atoms with Gasteiger partial charge in [-0.15, -0.1) is 0 Å². The summed E-state index contributed by atoms with van der Waals surface area (Å²) in [4.78, 5) is 34.6. The maximum Gasteiger partial charge on any atom is 0.242 e. The number of hydrogen-bond acceptors (Lipinski definition) is 6. The summed E-state index contributed by atoms with van der Waals surface area (Å²) in [6.07, 6.45) is 3.21. The van der Waals surface area contributed by atoms with Crippen LogP contribution in [0.1, 0.15) is 34.9 Å². The lowest BCUT2D eigenvalue weighted by Gasteiger charge is -2.40. The molecule has 2 fully saturated rings. The van der Waals surface area contributed by atoms with Crippen LogP contribution in [0.25, 0.3) is 0 Å². The number of benzene rings is 2. The summed E-state index contributed by atoms with van der Waals surface area (Å²) in [5.41, 5.74) is 7.68. The summed E-state index contributed by atoms with van der Waals surface area (Å²) in [6, 6.07) is 17.2. The molecule has 1 aromatic heterocycles. The molecule has 2 aliphatic rings. The minimum Gasteiger partial charge on any atom is -0.369 e. The van der Waals surface area contributed by atoms with Crippen molar-refractivity contribution in [3.63, 3.8) is 0 Å². The number of sulfonamides is 1. The molecule has 2 saturated heterocycles. The molecular weight excluding hydrogens is 492 g/mol. The standard InChI is InChI=1S/C26H30N6O4S/c27-26-29-15-20(30-26)13-14-28-25(34)22-12-11-21-16-31(17-23(33)32(21)22)37(35,36)24(18-7-3-1-4-8-18)19-9-5-2-6-10-19/h1-10,15,21-22,24H,11-14,16-17H2,(H,28,34)(H3,27,29,30)/t21-,22-/m0/s1. The number of nitrogens with zero attached hydrogens (tertiary/aromatic N) is 3. The molecule has 2 aliphatic heterocycles. The average Bonchev–Trinajstić information content (AvgIpc) is 3.52. The van der Waals surface area contributed by atoms with Crippen molar-refractivity contribution in [2.75, 3.05) is 25.4 Å². The number of carbonyl (C=O) groups excluding carboxylic acids is 2. The van der Waals surface area contributed by atoms with Crippen molar-refractivity contribution in [3.05, 3.63) is 83.7 Å². The molecule has 0 radical (unpaired) electrons. The van der Waals surface area contributed by atoms with Crippen LogP contribution in [-0.2, 0) is 26.0 Å². The molecule has 0 saturated carbocycles. The first kappa shape index (κ1) is 25.0. The molecular formula is C26H30N6O4S. The first-order chi connectivity index (χ1) is 17.8. The van der Waals surface area contributed by atoms with E-state index in [1.807, 2.05) is 36.4 Å². The Bertz CT molecular complexity index is 1320. The third kappa shape index (κ3) is 5.09. The highest BCUT2D eigenvalue weighted by molar-refractivity contribution is 7.89. The maximum absolute atomic E-state index is 14.0. The van der Waals surface area contributed by atoms with Gasteiger partial charge in [0.1, 0.15) is 11.3 Å². The lowest BCUT2D eigenvalue weighted by molar-refractivity contribution is -0.143. The minimum atomic E-state index is -3.92. The van der Waals surface area contributed by atoms with Crippen LogP contribution in [0.15, 0.2) is 66.9 Å².